The van der Waals surface area contributed by atoms with E-state index in [1.807, 2.05) is 36.4 Å². The second kappa shape index (κ2) is 5.81. The third kappa shape index (κ3) is 2.98. The first-order valence-electron chi connectivity index (χ1n) is 5.24. The largest absolute Gasteiger partial charge is 0.497 e. The highest BCUT2D eigenvalue weighted by Crippen LogP contribution is 2.32. The van der Waals surface area contributed by atoms with Crippen molar-refractivity contribution >= 4 is 23.4 Å². The lowest BCUT2D eigenvalue weighted by Crippen LogP contribution is -1.82. The molecule has 2 aromatic carbocycles. The van der Waals surface area contributed by atoms with E-state index in [1.54, 1.807) is 31.0 Å². The molecule has 0 saturated heterocycles. The maximum absolute atomic E-state index is 8.81. The summed E-state index contributed by atoms with van der Waals surface area (Å²) in [6.07, 6.45) is 0. The summed E-state index contributed by atoms with van der Waals surface area (Å²) >= 11 is 7.57. The molecule has 0 amide bonds. The zero-order valence-corrected chi connectivity index (χ0v) is 11.3. The first-order valence-corrected chi connectivity index (χ1v) is 6.44. The van der Waals surface area contributed by atoms with Crippen molar-refractivity contribution in [1.82, 2.24) is 0 Å². The molecular weight excluding hydrogens is 266 g/mol. The van der Waals surface area contributed by atoms with Gasteiger partial charge in [-0.3, -0.25) is 0 Å². The van der Waals surface area contributed by atoms with Gasteiger partial charge in [0, 0.05) is 9.79 Å². The molecule has 0 heterocycles. The molecule has 0 spiro atoms. The third-order valence-corrected chi connectivity index (χ3v) is 3.63. The molecule has 0 atom stereocenters. The monoisotopic (exact) mass is 275 g/mol. The van der Waals surface area contributed by atoms with Crippen molar-refractivity contribution in [3.8, 4) is 11.8 Å². The number of nitriles is 1. The molecule has 90 valence electrons. The highest BCUT2D eigenvalue weighted by Gasteiger charge is 2.03. The molecule has 0 aliphatic heterocycles. The van der Waals surface area contributed by atoms with Crippen molar-refractivity contribution in [2.45, 2.75) is 9.79 Å². The fraction of sp³-hybridized carbons (Fsp3) is 0.0714. The Bertz CT molecular complexity index is 607. The van der Waals surface area contributed by atoms with Crippen LogP contribution in [0.3, 0.4) is 0 Å². The van der Waals surface area contributed by atoms with E-state index in [9.17, 15) is 0 Å². The molecule has 0 aliphatic carbocycles. The Morgan fingerprint density at radius 3 is 2.61 bits per heavy atom. The molecule has 0 radical (unpaired) electrons. The molecule has 0 unspecified atom stereocenters. The third-order valence-electron chi connectivity index (χ3n) is 2.34. The second-order valence-corrected chi connectivity index (χ2v) is 5.09. The average molecular weight is 276 g/mol. The van der Waals surface area contributed by atoms with Gasteiger partial charge in [0.25, 0.3) is 0 Å². The number of halogens is 1. The van der Waals surface area contributed by atoms with E-state index in [0.29, 0.717) is 10.6 Å². The van der Waals surface area contributed by atoms with Gasteiger partial charge in [-0.2, -0.15) is 5.26 Å². The van der Waals surface area contributed by atoms with Crippen LogP contribution >= 0.6 is 23.4 Å². The van der Waals surface area contributed by atoms with E-state index in [-0.39, 0.29) is 0 Å². The molecule has 4 heteroatoms. The van der Waals surface area contributed by atoms with Gasteiger partial charge in [0.15, 0.2) is 0 Å². The number of hydrogen-bond acceptors (Lipinski definition) is 3. The standard InChI is InChI=1S/C14H10ClNOS/c1-17-11-3-2-4-12(7-11)18-13-6-5-10(9-16)14(15)8-13/h2-8H,1H3. The van der Waals surface area contributed by atoms with Crippen LogP contribution in [0.4, 0.5) is 0 Å². The predicted molar refractivity (Wildman–Crippen MR) is 73.3 cm³/mol. The number of nitrogens with zero attached hydrogens (tertiary/aromatic N) is 1. The van der Waals surface area contributed by atoms with Crippen LogP contribution in [0.5, 0.6) is 5.75 Å². The summed E-state index contributed by atoms with van der Waals surface area (Å²) in [5.41, 5.74) is 0.492. The molecule has 0 aromatic heterocycles. The van der Waals surface area contributed by atoms with Crippen LogP contribution in [0.15, 0.2) is 52.3 Å². The van der Waals surface area contributed by atoms with Gasteiger partial charge in [0.1, 0.15) is 11.8 Å². The fourth-order valence-corrected chi connectivity index (χ4v) is 2.64. The van der Waals surface area contributed by atoms with Crippen LogP contribution in [-0.2, 0) is 0 Å². The number of hydrogen-bond donors (Lipinski definition) is 0. The Balaban J connectivity index is 2.23. The minimum atomic E-state index is 0.477. The first-order chi connectivity index (χ1) is 8.72. The Morgan fingerprint density at radius 1 is 1.17 bits per heavy atom. The lowest BCUT2D eigenvalue weighted by atomic mass is 10.2. The summed E-state index contributed by atoms with van der Waals surface area (Å²) in [5.74, 6) is 0.819. The summed E-state index contributed by atoms with van der Waals surface area (Å²) in [6.45, 7) is 0. The van der Waals surface area contributed by atoms with E-state index in [2.05, 4.69) is 0 Å². The zero-order valence-electron chi connectivity index (χ0n) is 9.68. The van der Waals surface area contributed by atoms with Crippen LogP contribution in [0.2, 0.25) is 5.02 Å². The number of benzene rings is 2. The van der Waals surface area contributed by atoms with E-state index in [4.69, 9.17) is 21.6 Å². The van der Waals surface area contributed by atoms with Gasteiger partial charge in [0.2, 0.25) is 0 Å². The normalized spacial score (nSPS) is 9.83. The number of rotatable bonds is 3. The molecule has 0 N–H and O–H groups in total. The van der Waals surface area contributed by atoms with E-state index in [1.165, 1.54) is 0 Å². The smallest absolute Gasteiger partial charge is 0.119 e. The predicted octanol–water partition coefficient (Wildman–Crippen LogP) is 4.37. The topological polar surface area (TPSA) is 33.0 Å². The molecule has 0 bridgehead atoms. The Labute approximate surface area is 115 Å². The Hall–Kier alpha value is -1.63. The van der Waals surface area contributed by atoms with Crippen LogP contribution in [0.25, 0.3) is 0 Å². The zero-order chi connectivity index (χ0) is 13.0. The molecular formula is C14H10ClNOS. The lowest BCUT2D eigenvalue weighted by Gasteiger charge is -2.05. The SMILES string of the molecule is COc1cccc(Sc2ccc(C#N)c(Cl)c2)c1. The summed E-state index contributed by atoms with van der Waals surface area (Å²) < 4.78 is 5.17. The lowest BCUT2D eigenvalue weighted by molar-refractivity contribution is 0.413. The fourth-order valence-electron chi connectivity index (χ4n) is 1.45. The highest BCUT2D eigenvalue weighted by molar-refractivity contribution is 7.99. The van der Waals surface area contributed by atoms with Gasteiger partial charge < -0.3 is 4.74 Å². The maximum Gasteiger partial charge on any atom is 0.119 e. The van der Waals surface area contributed by atoms with Crippen LogP contribution in [-0.4, -0.2) is 7.11 Å². The summed E-state index contributed by atoms with van der Waals surface area (Å²) in [6, 6.07) is 15.2. The van der Waals surface area contributed by atoms with Gasteiger partial charge in [0.05, 0.1) is 17.7 Å². The number of ether oxygens (including phenoxy) is 1. The molecule has 0 fully saturated rings. The minimum Gasteiger partial charge on any atom is -0.497 e. The summed E-state index contributed by atoms with van der Waals surface area (Å²) in [7, 11) is 1.64. The maximum atomic E-state index is 8.81. The van der Waals surface area contributed by atoms with Crippen LogP contribution in [0.1, 0.15) is 5.56 Å². The molecule has 0 aliphatic rings. The van der Waals surface area contributed by atoms with Crippen molar-refractivity contribution in [3.63, 3.8) is 0 Å². The molecule has 18 heavy (non-hydrogen) atoms. The van der Waals surface area contributed by atoms with E-state index >= 15 is 0 Å². The van der Waals surface area contributed by atoms with Crippen molar-refractivity contribution < 1.29 is 4.74 Å². The van der Waals surface area contributed by atoms with Crippen molar-refractivity contribution in [2.24, 2.45) is 0 Å². The van der Waals surface area contributed by atoms with Crippen molar-refractivity contribution in [2.75, 3.05) is 7.11 Å². The molecule has 2 rings (SSSR count). The van der Waals surface area contributed by atoms with Crippen molar-refractivity contribution in [1.29, 1.82) is 5.26 Å². The second-order valence-electron chi connectivity index (χ2n) is 3.53. The van der Waals surface area contributed by atoms with E-state index in [0.717, 1.165) is 15.5 Å². The quantitative estimate of drug-likeness (QED) is 0.834. The average Bonchev–Trinajstić information content (AvgIpc) is 2.39. The Morgan fingerprint density at radius 2 is 1.94 bits per heavy atom. The first kappa shape index (κ1) is 12.8. The van der Waals surface area contributed by atoms with Gasteiger partial charge >= 0.3 is 0 Å². The summed E-state index contributed by atoms with van der Waals surface area (Å²) in [5, 5.41) is 9.29. The molecule has 0 saturated carbocycles. The van der Waals surface area contributed by atoms with Gasteiger partial charge in [-0.05, 0) is 36.4 Å². The molecule has 2 nitrogen and oxygen atoms in total. The minimum absolute atomic E-state index is 0.477. The van der Waals surface area contributed by atoms with Gasteiger partial charge in [-0.15, -0.1) is 0 Å². The van der Waals surface area contributed by atoms with E-state index < -0.39 is 0 Å². The van der Waals surface area contributed by atoms with Crippen molar-refractivity contribution in [3.05, 3.63) is 53.1 Å². The summed E-state index contributed by atoms with van der Waals surface area (Å²) in [4.78, 5) is 2.06. The van der Waals surface area contributed by atoms with Gasteiger partial charge in [-0.1, -0.05) is 29.4 Å². The van der Waals surface area contributed by atoms with Crippen LogP contribution in [0, 0.1) is 11.3 Å². The van der Waals surface area contributed by atoms with Crippen LogP contribution < -0.4 is 4.74 Å². The number of methoxy groups -OCH3 is 1. The highest BCUT2D eigenvalue weighted by atomic mass is 35.5. The Kier molecular flexibility index (Phi) is 4.14. The molecule has 2 aromatic rings. The van der Waals surface area contributed by atoms with Gasteiger partial charge in [-0.25, -0.2) is 0 Å².